The van der Waals surface area contributed by atoms with Gasteiger partial charge in [-0.05, 0) is 71.6 Å². The maximum Gasteiger partial charge on any atom is 0.139 e. The van der Waals surface area contributed by atoms with Crippen LogP contribution in [0, 0.1) is 20.6 Å². The lowest BCUT2D eigenvalue weighted by molar-refractivity contribution is 0.306. The zero-order chi connectivity index (χ0) is 42.7. The molecule has 0 radical (unpaired) electrons. The van der Waals surface area contributed by atoms with Crippen molar-refractivity contribution in [3.63, 3.8) is 0 Å². The fourth-order valence-electron chi connectivity index (χ4n) is 7.98. The van der Waals surface area contributed by atoms with Gasteiger partial charge in [0.15, 0.2) is 0 Å². The second-order valence-electron chi connectivity index (χ2n) is 15.1. The maximum atomic E-state index is 9.13. The standard InChI is InChI=1S/C48H46O2/c1-29-27-28-34(31(3)43(29)36-20-16-24-40-45(36)50-42-26-13-11-22-38(42)47(6,7)48(40,8)9)32-17-14-18-33(30(32)2)35-19-15-23-39-44(35)49-41-25-12-10-21-37(41)46(39,4)5/h10-28H,1-9H3/i1D3,2D3,3D3. The van der Waals surface area contributed by atoms with Crippen molar-refractivity contribution >= 4 is 0 Å². The SMILES string of the molecule is [2H]C([2H])([2H])c1ccc(-c2cccc(-c3cccc4c3Oc3ccccc3C4(C)C)c2C([2H])([2H])[2H])c(C([2H])([2H])[2H])c1-c1cccc2c1Oc1ccccc1C(C)(C)C2(C)C. The van der Waals surface area contributed by atoms with E-state index in [1.165, 1.54) is 12.1 Å². The van der Waals surface area contributed by atoms with Crippen LogP contribution in [0.2, 0.25) is 0 Å². The molecular weight excluding hydrogens is 609 g/mol. The van der Waals surface area contributed by atoms with E-state index in [9.17, 15) is 0 Å². The van der Waals surface area contributed by atoms with Crippen LogP contribution in [-0.4, -0.2) is 0 Å². The van der Waals surface area contributed by atoms with Gasteiger partial charge in [0.25, 0.3) is 0 Å². The molecule has 0 aromatic heterocycles. The average molecular weight is 664 g/mol. The smallest absolute Gasteiger partial charge is 0.139 e. The number of ether oxygens (including phenoxy) is 2. The highest BCUT2D eigenvalue weighted by molar-refractivity contribution is 5.88. The number of rotatable bonds is 3. The molecule has 0 spiro atoms. The molecular formula is C48H46O2. The third kappa shape index (κ3) is 4.54. The van der Waals surface area contributed by atoms with E-state index in [4.69, 9.17) is 21.8 Å². The van der Waals surface area contributed by atoms with Crippen molar-refractivity contribution in [1.82, 2.24) is 0 Å². The first-order valence-electron chi connectivity index (χ1n) is 21.6. The zero-order valence-electron chi connectivity index (χ0n) is 38.3. The Morgan fingerprint density at radius 3 is 1.62 bits per heavy atom. The molecule has 2 nitrogen and oxygen atoms in total. The molecule has 50 heavy (non-hydrogen) atoms. The van der Waals surface area contributed by atoms with Crippen LogP contribution in [-0.2, 0) is 16.2 Å². The van der Waals surface area contributed by atoms with Crippen LogP contribution in [0.5, 0.6) is 23.0 Å². The Hall–Kier alpha value is -5.08. The topological polar surface area (TPSA) is 18.5 Å². The summed E-state index contributed by atoms with van der Waals surface area (Å²) in [6.07, 6.45) is 0. The number of hydrogen-bond donors (Lipinski definition) is 0. The second kappa shape index (κ2) is 11.2. The summed E-state index contributed by atoms with van der Waals surface area (Å²) in [6, 6.07) is 34.5. The van der Waals surface area contributed by atoms with Crippen molar-refractivity contribution < 1.29 is 21.8 Å². The van der Waals surface area contributed by atoms with Gasteiger partial charge in [-0.2, -0.15) is 0 Å². The summed E-state index contributed by atoms with van der Waals surface area (Å²) < 4.78 is 94.1. The first-order chi connectivity index (χ1) is 27.5. The third-order valence-electron chi connectivity index (χ3n) is 11.6. The first-order valence-corrected chi connectivity index (χ1v) is 17.1. The first kappa shape index (κ1) is 23.3. The van der Waals surface area contributed by atoms with Crippen molar-refractivity contribution in [3.8, 4) is 56.4 Å². The molecule has 250 valence electrons. The van der Waals surface area contributed by atoms with Gasteiger partial charge in [0.2, 0.25) is 0 Å². The van der Waals surface area contributed by atoms with E-state index in [-0.39, 0.29) is 33.4 Å². The lowest BCUT2D eigenvalue weighted by Crippen LogP contribution is -2.39. The number of para-hydroxylation sites is 4. The highest BCUT2D eigenvalue weighted by atomic mass is 16.5. The molecule has 2 aliphatic heterocycles. The Morgan fingerprint density at radius 1 is 0.420 bits per heavy atom. The number of fused-ring (bicyclic) bond motifs is 4. The van der Waals surface area contributed by atoms with Gasteiger partial charge in [-0.3, -0.25) is 0 Å². The molecule has 0 fully saturated rings. The Bertz CT molecular complexity index is 2660. The van der Waals surface area contributed by atoms with Crippen molar-refractivity contribution in [2.24, 2.45) is 0 Å². The summed E-state index contributed by atoms with van der Waals surface area (Å²) in [5, 5.41) is 0. The monoisotopic (exact) mass is 663 g/mol. The molecule has 6 aromatic rings. The molecule has 0 saturated heterocycles. The number of benzene rings is 6. The van der Waals surface area contributed by atoms with Gasteiger partial charge in [-0.1, -0.05) is 145 Å². The van der Waals surface area contributed by atoms with E-state index in [0.717, 1.165) is 22.3 Å². The van der Waals surface area contributed by atoms with Crippen LogP contribution >= 0.6 is 0 Å². The summed E-state index contributed by atoms with van der Waals surface area (Å²) in [4.78, 5) is 0. The predicted molar refractivity (Wildman–Crippen MR) is 208 cm³/mol. The second-order valence-corrected chi connectivity index (χ2v) is 15.1. The van der Waals surface area contributed by atoms with Crippen LogP contribution in [0.3, 0.4) is 0 Å². The molecule has 0 N–H and O–H groups in total. The van der Waals surface area contributed by atoms with Gasteiger partial charge < -0.3 is 9.47 Å². The van der Waals surface area contributed by atoms with Crippen molar-refractivity contribution in [3.05, 3.63) is 154 Å². The summed E-state index contributed by atoms with van der Waals surface area (Å²) in [5.41, 5.74) is 2.91. The molecule has 0 aliphatic carbocycles. The maximum absolute atomic E-state index is 9.13. The fraction of sp³-hybridized carbons (Fsp3) is 0.250. The van der Waals surface area contributed by atoms with Gasteiger partial charge in [-0.25, -0.2) is 0 Å². The molecule has 8 rings (SSSR count). The van der Waals surface area contributed by atoms with E-state index in [0.29, 0.717) is 39.7 Å². The lowest BCUT2D eigenvalue weighted by atomic mass is 9.61. The third-order valence-corrected chi connectivity index (χ3v) is 11.6. The van der Waals surface area contributed by atoms with Crippen LogP contribution in [0.15, 0.2) is 115 Å². The molecule has 2 heteroatoms. The lowest BCUT2D eigenvalue weighted by Gasteiger charge is -2.41. The molecule has 0 amide bonds. The van der Waals surface area contributed by atoms with Gasteiger partial charge in [-0.15, -0.1) is 0 Å². The molecule has 0 saturated carbocycles. The Balaban J connectivity index is 1.45. The normalized spacial score (nSPS) is 19.5. The van der Waals surface area contributed by atoms with Gasteiger partial charge in [0.05, 0.1) is 0 Å². The van der Waals surface area contributed by atoms with Gasteiger partial charge >= 0.3 is 0 Å². The Morgan fingerprint density at radius 2 is 0.920 bits per heavy atom. The average Bonchev–Trinajstić information content (AvgIpc) is 3.22. The predicted octanol–water partition coefficient (Wildman–Crippen LogP) is 13.4. The fourth-order valence-corrected chi connectivity index (χ4v) is 7.98. The largest absolute Gasteiger partial charge is 0.456 e. The summed E-state index contributed by atoms with van der Waals surface area (Å²) in [5.74, 6) is 2.11. The van der Waals surface area contributed by atoms with Crippen molar-refractivity contribution in [1.29, 1.82) is 0 Å². The van der Waals surface area contributed by atoms with Crippen LogP contribution < -0.4 is 9.47 Å². The minimum atomic E-state index is -2.92. The highest BCUT2D eigenvalue weighted by Gasteiger charge is 2.45. The van der Waals surface area contributed by atoms with E-state index < -0.39 is 36.8 Å². The molecule has 0 atom stereocenters. The minimum absolute atomic E-state index is 0.0342. The molecule has 0 bridgehead atoms. The number of aryl methyl sites for hydroxylation is 1. The quantitative estimate of drug-likeness (QED) is 0.188. The van der Waals surface area contributed by atoms with E-state index >= 15 is 0 Å². The van der Waals surface area contributed by atoms with E-state index in [1.807, 2.05) is 72.8 Å². The summed E-state index contributed by atoms with van der Waals surface area (Å²) in [6.45, 7) is 4.25. The Kier molecular flexibility index (Phi) is 5.24. The zero-order valence-corrected chi connectivity index (χ0v) is 29.3. The van der Waals surface area contributed by atoms with Crippen molar-refractivity contribution in [2.45, 2.75) is 78.3 Å². The van der Waals surface area contributed by atoms with Crippen molar-refractivity contribution in [2.75, 3.05) is 0 Å². The molecule has 2 aliphatic rings. The van der Waals surface area contributed by atoms with Crippen LogP contribution in [0.25, 0.3) is 33.4 Å². The van der Waals surface area contributed by atoms with E-state index in [1.54, 1.807) is 30.3 Å². The minimum Gasteiger partial charge on any atom is -0.456 e. The number of hydrogen-bond acceptors (Lipinski definition) is 2. The van der Waals surface area contributed by atoms with Gasteiger partial charge in [0.1, 0.15) is 23.0 Å². The molecule has 2 heterocycles. The summed E-state index contributed by atoms with van der Waals surface area (Å²) >= 11 is 0. The Labute approximate surface area is 310 Å². The van der Waals surface area contributed by atoms with Crippen LogP contribution in [0.4, 0.5) is 0 Å². The van der Waals surface area contributed by atoms with E-state index in [2.05, 4.69) is 41.5 Å². The van der Waals surface area contributed by atoms with Gasteiger partial charge in [0, 0.05) is 62.0 Å². The summed E-state index contributed by atoms with van der Waals surface area (Å²) in [7, 11) is 0. The molecule has 0 unspecified atom stereocenters. The molecule has 6 aromatic carbocycles. The van der Waals surface area contributed by atoms with Crippen LogP contribution in [0.1, 0.15) is 92.8 Å². The highest BCUT2D eigenvalue weighted by Crippen LogP contribution is 2.56.